The predicted molar refractivity (Wildman–Crippen MR) is 75.7 cm³/mol. The molecule has 19 heavy (non-hydrogen) atoms. The lowest BCUT2D eigenvalue weighted by Gasteiger charge is -2.38. The van der Waals surface area contributed by atoms with Gasteiger partial charge in [-0.25, -0.2) is 0 Å². The summed E-state index contributed by atoms with van der Waals surface area (Å²) >= 11 is 0. The molecular weight excluding hydrogens is 236 g/mol. The third kappa shape index (κ3) is 2.39. The van der Waals surface area contributed by atoms with Crippen LogP contribution in [0.1, 0.15) is 48.0 Å². The van der Waals surface area contributed by atoms with Gasteiger partial charge in [-0.05, 0) is 49.3 Å². The zero-order valence-corrected chi connectivity index (χ0v) is 11.3. The van der Waals surface area contributed by atoms with Crippen LogP contribution in [0.15, 0.2) is 24.3 Å². The Morgan fingerprint density at radius 3 is 2.95 bits per heavy atom. The molecule has 1 saturated heterocycles. The summed E-state index contributed by atoms with van der Waals surface area (Å²) in [5.74, 6) is 0.947. The molecule has 1 aliphatic heterocycles. The van der Waals surface area contributed by atoms with Gasteiger partial charge in [0.1, 0.15) is 0 Å². The molecular formula is C16H22N2O. The number of hydrogen-bond donors (Lipinski definition) is 1. The summed E-state index contributed by atoms with van der Waals surface area (Å²) < 4.78 is 0. The zero-order chi connectivity index (χ0) is 13.2. The van der Waals surface area contributed by atoms with Gasteiger partial charge in [-0.3, -0.25) is 4.79 Å². The first-order valence-electron chi connectivity index (χ1n) is 7.39. The Labute approximate surface area is 114 Å². The normalized spacial score (nSPS) is 26.3. The Morgan fingerprint density at radius 1 is 1.26 bits per heavy atom. The Bertz CT molecular complexity index is 472. The van der Waals surface area contributed by atoms with E-state index in [1.54, 1.807) is 0 Å². The molecule has 3 nitrogen and oxygen atoms in total. The van der Waals surface area contributed by atoms with E-state index in [1.165, 1.54) is 25.7 Å². The first kappa shape index (κ1) is 12.7. The molecule has 0 aromatic heterocycles. The number of nitrogens with zero attached hydrogens (tertiary/aromatic N) is 1. The molecule has 2 fully saturated rings. The Kier molecular flexibility index (Phi) is 3.56. The molecule has 102 valence electrons. The van der Waals surface area contributed by atoms with Gasteiger partial charge in [0.2, 0.25) is 0 Å². The predicted octanol–water partition coefficient (Wildman–Crippen LogP) is 2.55. The Hall–Kier alpha value is -1.35. The Morgan fingerprint density at radius 2 is 2.11 bits per heavy atom. The lowest BCUT2D eigenvalue weighted by molar-refractivity contribution is 0.0548. The molecule has 2 aliphatic rings. The van der Waals surface area contributed by atoms with Crippen molar-refractivity contribution in [3.8, 4) is 0 Å². The summed E-state index contributed by atoms with van der Waals surface area (Å²) in [7, 11) is 0. The third-order valence-corrected chi connectivity index (χ3v) is 4.66. The summed E-state index contributed by atoms with van der Waals surface area (Å²) in [6, 6.07) is 8.26. The van der Waals surface area contributed by atoms with E-state index in [4.69, 9.17) is 5.73 Å². The number of piperidine rings is 1. The highest BCUT2D eigenvalue weighted by Crippen LogP contribution is 2.37. The van der Waals surface area contributed by atoms with Gasteiger partial charge in [-0.1, -0.05) is 18.6 Å². The summed E-state index contributed by atoms with van der Waals surface area (Å²) in [4.78, 5) is 14.8. The second-order valence-electron chi connectivity index (χ2n) is 5.80. The van der Waals surface area contributed by atoms with Crippen molar-refractivity contribution in [2.45, 2.75) is 44.7 Å². The molecule has 1 saturated carbocycles. The maximum atomic E-state index is 12.7. The standard InChI is InChI=1S/C16H22N2O/c17-11-12-4-1-6-14(10-12)16(19)18-9-3-7-13-5-2-8-15(13)18/h1,4,6,10,13,15H,2-3,5,7-9,11,17H2. The van der Waals surface area contributed by atoms with Crippen LogP contribution in [0.4, 0.5) is 0 Å². The van der Waals surface area contributed by atoms with Crippen molar-refractivity contribution in [2.24, 2.45) is 11.7 Å². The van der Waals surface area contributed by atoms with Gasteiger partial charge in [-0.2, -0.15) is 0 Å². The average molecular weight is 258 g/mol. The van der Waals surface area contributed by atoms with Crippen molar-refractivity contribution >= 4 is 5.91 Å². The van der Waals surface area contributed by atoms with E-state index in [1.807, 2.05) is 24.3 Å². The van der Waals surface area contributed by atoms with Crippen molar-refractivity contribution in [2.75, 3.05) is 6.54 Å². The number of fused-ring (bicyclic) bond motifs is 1. The molecule has 3 rings (SSSR count). The lowest BCUT2D eigenvalue weighted by Crippen LogP contribution is -2.46. The molecule has 1 amide bonds. The topological polar surface area (TPSA) is 46.3 Å². The second-order valence-corrected chi connectivity index (χ2v) is 5.80. The van der Waals surface area contributed by atoms with E-state index < -0.39 is 0 Å². The van der Waals surface area contributed by atoms with Crippen LogP contribution in [0.3, 0.4) is 0 Å². The number of likely N-dealkylation sites (tertiary alicyclic amines) is 1. The molecule has 1 aromatic rings. The van der Waals surface area contributed by atoms with Crippen LogP contribution in [0.5, 0.6) is 0 Å². The number of carbonyl (C=O) groups excluding carboxylic acids is 1. The van der Waals surface area contributed by atoms with Gasteiger partial charge in [0.15, 0.2) is 0 Å². The molecule has 2 atom stereocenters. The monoisotopic (exact) mass is 258 g/mol. The van der Waals surface area contributed by atoms with Crippen LogP contribution >= 0.6 is 0 Å². The van der Waals surface area contributed by atoms with Crippen molar-refractivity contribution in [3.63, 3.8) is 0 Å². The summed E-state index contributed by atoms with van der Waals surface area (Å²) in [6.45, 7) is 1.42. The SMILES string of the molecule is NCc1cccc(C(=O)N2CCCC3CCCC32)c1. The molecule has 1 heterocycles. The third-order valence-electron chi connectivity index (χ3n) is 4.66. The number of carbonyl (C=O) groups is 1. The van der Waals surface area contributed by atoms with E-state index in [0.29, 0.717) is 12.6 Å². The summed E-state index contributed by atoms with van der Waals surface area (Å²) in [5.41, 5.74) is 7.49. The van der Waals surface area contributed by atoms with E-state index in [2.05, 4.69) is 4.90 Å². The fraction of sp³-hybridized carbons (Fsp3) is 0.562. The van der Waals surface area contributed by atoms with Gasteiger partial charge in [-0.15, -0.1) is 0 Å². The first-order valence-corrected chi connectivity index (χ1v) is 7.39. The number of nitrogens with two attached hydrogens (primary N) is 1. The van der Waals surface area contributed by atoms with Gasteiger partial charge in [0.25, 0.3) is 5.91 Å². The zero-order valence-electron chi connectivity index (χ0n) is 11.3. The summed E-state index contributed by atoms with van der Waals surface area (Å²) in [6.07, 6.45) is 6.23. The minimum absolute atomic E-state index is 0.201. The summed E-state index contributed by atoms with van der Waals surface area (Å²) in [5, 5.41) is 0. The van der Waals surface area contributed by atoms with Gasteiger partial charge in [0, 0.05) is 24.7 Å². The molecule has 2 unspecified atom stereocenters. The quantitative estimate of drug-likeness (QED) is 0.886. The van der Waals surface area contributed by atoms with Crippen LogP contribution < -0.4 is 5.73 Å². The van der Waals surface area contributed by atoms with Crippen LogP contribution in [0, 0.1) is 5.92 Å². The number of hydrogen-bond acceptors (Lipinski definition) is 2. The second kappa shape index (κ2) is 5.33. The van der Waals surface area contributed by atoms with E-state index in [-0.39, 0.29) is 5.91 Å². The Balaban J connectivity index is 1.82. The van der Waals surface area contributed by atoms with E-state index >= 15 is 0 Å². The highest BCUT2D eigenvalue weighted by atomic mass is 16.2. The minimum atomic E-state index is 0.201. The van der Waals surface area contributed by atoms with Crippen LogP contribution in [0.2, 0.25) is 0 Å². The highest BCUT2D eigenvalue weighted by molar-refractivity contribution is 5.94. The van der Waals surface area contributed by atoms with Gasteiger partial charge in [0.05, 0.1) is 0 Å². The number of benzene rings is 1. The fourth-order valence-electron chi connectivity index (χ4n) is 3.70. The highest BCUT2D eigenvalue weighted by Gasteiger charge is 2.37. The van der Waals surface area contributed by atoms with Gasteiger partial charge < -0.3 is 10.6 Å². The van der Waals surface area contributed by atoms with Crippen LogP contribution in [0.25, 0.3) is 0 Å². The minimum Gasteiger partial charge on any atom is -0.335 e. The van der Waals surface area contributed by atoms with Crippen molar-refractivity contribution in [1.29, 1.82) is 0 Å². The number of rotatable bonds is 2. The average Bonchev–Trinajstić information content (AvgIpc) is 2.95. The van der Waals surface area contributed by atoms with E-state index in [9.17, 15) is 4.79 Å². The van der Waals surface area contributed by atoms with Crippen LogP contribution in [-0.2, 0) is 6.54 Å². The van der Waals surface area contributed by atoms with Crippen LogP contribution in [-0.4, -0.2) is 23.4 Å². The lowest BCUT2D eigenvalue weighted by atomic mass is 9.91. The fourth-order valence-corrected chi connectivity index (χ4v) is 3.70. The molecule has 1 aliphatic carbocycles. The maximum absolute atomic E-state index is 12.7. The smallest absolute Gasteiger partial charge is 0.254 e. The van der Waals surface area contributed by atoms with E-state index in [0.717, 1.165) is 30.0 Å². The molecule has 0 radical (unpaired) electrons. The maximum Gasteiger partial charge on any atom is 0.254 e. The van der Waals surface area contributed by atoms with Crippen molar-refractivity contribution < 1.29 is 4.79 Å². The molecule has 3 heteroatoms. The largest absolute Gasteiger partial charge is 0.335 e. The van der Waals surface area contributed by atoms with Gasteiger partial charge >= 0.3 is 0 Å². The molecule has 2 N–H and O–H groups in total. The molecule has 0 spiro atoms. The number of amides is 1. The molecule has 1 aromatic carbocycles. The van der Waals surface area contributed by atoms with Crippen molar-refractivity contribution in [1.82, 2.24) is 4.90 Å². The first-order chi connectivity index (χ1) is 9.29. The molecule has 0 bridgehead atoms. The van der Waals surface area contributed by atoms with Crippen molar-refractivity contribution in [3.05, 3.63) is 35.4 Å².